The number of hydrogen-bond acceptors (Lipinski definition) is 6. The third-order valence-corrected chi connectivity index (χ3v) is 11.0. The van der Waals surface area contributed by atoms with Crippen molar-refractivity contribution in [2.24, 2.45) is 16.7 Å². The van der Waals surface area contributed by atoms with Crippen molar-refractivity contribution in [3.63, 3.8) is 0 Å². The molecule has 6 rings (SSSR count). The Morgan fingerprint density at radius 2 is 2.05 bits per heavy atom. The molecule has 3 atom stereocenters. The van der Waals surface area contributed by atoms with Gasteiger partial charge in [0.1, 0.15) is 12.4 Å². The van der Waals surface area contributed by atoms with Crippen molar-refractivity contribution >= 4 is 40.7 Å². The quantitative estimate of drug-likeness (QED) is 0.467. The third kappa shape index (κ3) is 4.79. The molecule has 1 aromatic carbocycles. The summed E-state index contributed by atoms with van der Waals surface area (Å²) in [5, 5.41) is 10.8. The molecule has 2 saturated carbocycles. The van der Waals surface area contributed by atoms with Crippen molar-refractivity contribution in [1.29, 1.82) is 0 Å². The predicted molar refractivity (Wildman–Crippen MR) is 151 cm³/mol. The van der Waals surface area contributed by atoms with Gasteiger partial charge in [0.15, 0.2) is 0 Å². The van der Waals surface area contributed by atoms with E-state index in [0.717, 1.165) is 47.4 Å². The summed E-state index contributed by atoms with van der Waals surface area (Å²) < 4.78 is 6.36. The number of carbonyl (C=O) groups excluding carboxylic acids is 2. The molecule has 214 valence electrons. The predicted octanol–water partition coefficient (Wildman–Crippen LogP) is 5.40. The minimum absolute atomic E-state index is 0.0878. The number of amides is 2. The molecule has 10 heteroatoms. The van der Waals surface area contributed by atoms with E-state index in [1.54, 1.807) is 23.8 Å². The van der Waals surface area contributed by atoms with Crippen LogP contribution in [-0.4, -0.2) is 57.3 Å². The molecule has 2 amide bonds. The SMILES string of the molecule is Cc1scnc1COc1ccc(Cl)c2c1C(CN1CC3(CC3)CC1=O)N(C(=O)[C@@H]1CCCC[C@]1(C)C(=O)O)CC2. The van der Waals surface area contributed by atoms with Gasteiger partial charge in [0.2, 0.25) is 11.8 Å². The van der Waals surface area contributed by atoms with E-state index in [-0.39, 0.29) is 23.8 Å². The van der Waals surface area contributed by atoms with Crippen LogP contribution in [0.1, 0.15) is 79.6 Å². The number of carboxylic acid groups (broad SMARTS) is 1. The van der Waals surface area contributed by atoms with Gasteiger partial charge in [-0.05, 0) is 69.1 Å². The number of hydrogen-bond donors (Lipinski definition) is 1. The first-order valence-electron chi connectivity index (χ1n) is 14.3. The van der Waals surface area contributed by atoms with Crippen LogP contribution in [-0.2, 0) is 27.4 Å². The van der Waals surface area contributed by atoms with Crippen LogP contribution in [0.5, 0.6) is 5.75 Å². The summed E-state index contributed by atoms with van der Waals surface area (Å²) in [5.74, 6) is -0.933. The van der Waals surface area contributed by atoms with Crippen LogP contribution in [0.25, 0.3) is 0 Å². The number of rotatable bonds is 7. The zero-order valence-electron chi connectivity index (χ0n) is 23.1. The number of likely N-dealkylation sites (tertiary alicyclic amines) is 1. The molecule has 1 saturated heterocycles. The second-order valence-corrected chi connectivity index (χ2v) is 13.8. The lowest BCUT2D eigenvalue weighted by Crippen LogP contribution is -2.52. The molecule has 0 radical (unpaired) electrons. The number of ether oxygens (including phenoxy) is 1. The Kier molecular flexibility index (Phi) is 7.10. The van der Waals surface area contributed by atoms with Gasteiger partial charge < -0.3 is 19.6 Å². The molecule has 2 aromatic rings. The fraction of sp³-hybridized carbons (Fsp3) is 0.600. The van der Waals surface area contributed by atoms with E-state index in [0.29, 0.717) is 56.1 Å². The first kappa shape index (κ1) is 27.5. The molecule has 1 N–H and O–H groups in total. The minimum atomic E-state index is -1.11. The maximum absolute atomic E-state index is 14.4. The Morgan fingerprint density at radius 1 is 1.25 bits per heavy atom. The topological polar surface area (TPSA) is 100 Å². The Bertz CT molecular complexity index is 1360. The molecule has 1 spiro atoms. The van der Waals surface area contributed by atoms with Crippen LogP contribution in [0, 0.1) is 23.7 Å². The number of aromatic nitrogens is 1. The summed E-state index contributed by atoms with van der Waals surface area (Å²) in [6.45, 7) is 5.48. The fourth-order valence-corrected chi connectivity index (χ4v) is 7.87. The summed E-state index contributed by atoms with van der Waals surface area (Å²) in [6, 6.07) is 3.21. The molecule has 4 aliphatic rings. The van der Waals surface area contributed by atoms with Crippen LogP contribution < -0.4 is 4.74 Å². The standard InChI is InChI=1S/C30H36ClN3O5S/c1-18-22(32-17-40-18)15-39-24-7-6-21(31)19-8-12-34(27(36)20-5-3-4-9-29(20,2)28(37)38)23(26(19)24)14-33-16-30(10-11-30)13-25(33)35/h6-7,17,20,23H,3-5,8-16H2,1-2H3,(H,37,38)/t20-,23?,29-/m0/s1. The Balaban J connectivity index is 1.38. The fourth-order valence-electron chi connectivity index (χ4n) is 7.03. The average Bonchev–Trinajstić information content (AvgIpc) is 3.43. The number of carbonyl (C=O) groups is 3. The normalized spacial score (nSPS) is 27.1. The van der Waals surface area contributed by atoms with Gasteiger partial charge in [-0.1, -0.05) is 24.4 Å². The summed E-state index contributed by atoms with van der Waals surface area (Å²) in [7, 11) is 0. The van der Waals surface area contributed by atoms with E-state index in [1.807, 2.05) is 28.9 Å². The van der Waals surface area contributed by atoms with Crippen LogP contribution in [0.2, 0.25) is 5.02 Å². The highest BCUT2D eigenvalue weighted by Gasteiger charge is 2.53. The third-order valence-electron chi connectivity index (χ3n) is 9.81. The molecular formula is C30H36ClN3O5S. The van der Waals surface area contributed by atoms with E-state index in [9.17, 15) is 19.5 Å². The van der Waals surface area contributed by atoms with Gasteiger partial charge in [0.25, 0.3) is 0 Å². The molecular weight excluding hydrogens is 550 g/mol. The highest BCUT2D eigenvalue weighted by Crippen LogP contribution is 2.54. The van der Waals surface area contributed by atoms with Gasteiger partial charge in [-0.2, -0.15) is 0 Å². The number of thiazole rings is 1. The zero-order chi connectivity index (χ0) is 28.2. The van der Waals surface area contributed by atoms with Crippen molar-refractivity contribution in [2.45, 2.75) is 77.9 Å². The maximum Gasteiger partial charge on any atom is 0.310 e. The smallest absolute Gasteiger partial charge is 0.310 e. The van der Waals surface area contributed by atoms with Crippen LogP contribution in [0.4, 0.5) is 0 Å². The first-order valence-corrected chi connectivity index (χ1v) is 15.5. The van der Waals surface area contributed by atoms with Gasteiger partial charge in [-0.15, -0.1) is 11.3 Å². The second kappa shape index (κ2) is 10.3. The molecule has 0 bridgehead atoms. The minimum Gasteiger partial charge on any atom is -0.487 e. The van der Waals surface area contributed by atoms with Crippen LogP contribution in [0.3, 0.4) is 0 Å². The van der Waals surface area contributed by atoms with Crippen molar-refractivity contribution in [3.05, 3.63) is 44.4 Å². The summed E-state index contributed by atoms with van der Waals surface area (Å²) >= 11 is 8.30. The van der Waals surface area contributed by atoms with Crippen molar-refractivity contribution < 1.29 is 24.2 Å². The monoisotopic (exact) mass is 585 g/mol. The number of carboxylic acids is 1. The van der Waals surface area contributed by atoms with E-state index >= 15 is 0 Å². The number of aryl methyl sites for hydroxylation is 1. The van der Waals surface area contributed by atoms with Crippen LogP contribution >= 0.6 is 22.9 Å². The zero-order valence-corrected chi connectivity index (χ0v) is 24.7. The molecule has 3 fully saturated rings. The van der Waals surface area contributed by atoms with Crippen molar-refractivity contribution in [3.8, 4) is 5.75 Å². The Morgan fingerprint density at radius 3 is 2.73 bits per heavy atom. The van der Waals surface area contributed by atoms with E-state index in [4.69, 9.17) is 16.3 Å². The molecule has 40 heavy (non-hydrogen) atoms. The van der Waals surface area contributed by atoms with Crippen LogP contribution in [0.15, 0.2) is 17.6 Å². The maximum atomic E-state index is 14.4. The second-order valence-electron chi connectivity index (χ2n) is 12.4. The number of aliphatic carboxylic acids is 1. The highest BCUT2D eigenvalue weighted by molar-refractivity contribution is 7.09. The number of halogens is 1. The lowest BCUT2D eigenvalue weighted by molar-refractivity contribution is -0.162. The summed E-state index contributed by atoms with van der Waals surface area (Å²) in [6.07, 6.45) is 5.87. The Labute approximate surface area is 243 Å². The lowest BCUT2D eigenvalue weighted by atomic mass is 9.66. The lowest BCUT2D eigenvalue weighted by Gasteiger charge is -2.45. The van der Waals surface area contributed by atoms with Gasteiger partial charge in [-0.3, -0.25) is 14.4 Å². The summed E-state index contributed by atoms with van der Waals surface area (Å²) in [5.41, 5.74) is 3.39. The van der Waals surface area contributed by atoms with Gasteiger partial charge >= 0.3 is 5.97 Å². The number of fused-ring (bicyclic) bond motifs is 1. The molecule has 1 unspecified atom stereocenters. The molecule has 8 nitrogen and oxygen atoms in total. The van der Waals surface area contributed by atoms with Crippen molar-refractivity contribution in [1.82, 2.24) is 14.8 Å². The first-order chi connectivity index (χ1) is 19.1. The molecule has 1 aromatic heterocycles. The summed E-state index contributed by atoms with van der Waals surface area (Å²) in [4.78, 5) is 49.1. The van der Waals surface area contributed by atoms with Gasteiger partial charge in [0, 0.05) is 41.5 Å². The van der Waals surface area contributed by atoms with Gasteiger partial charge in [0.05, 0.1) is 28.6 Å². The van der Waals surface area contributed by atoms with E-state index < -0.39 is 23.3 Å². The molecule has 2 aliphatic heterocycles. The number of nitrogens with zero attached hydrogens (tertiary/aromatic N) is 3. The molecule has 3 heterocycles. The largest absolute Gasteiger partial charge is 0.487 e. The van der Waals surface area contributed by atoms with Crippen molar-refractivity contribution in [2.75, 3.05) is 19.6 Å². The highest BCUT2D eigenvalue weighted by atomic mass is 35.5. The Hall–Kier alpha value is -2.65. The molecule has 2 aliphatic carbocycles. The number of benzene rings is 1. The average molecular weight is 586 g/mol. The van der Waals surface area contributed by atoms with Gasteiger partial charge in [-0.25, -0.2) is 4.98 Å². The van der Waals surface area contributed by atoms with E-state index in [1.165, 1.54) is 0 Å². The van der Waals surface area contributed by atoms with E-state index in [2.05, 4.69) is 4.98 Å².